The molecule has 132 valence electrons. The number of hydrogen-bond acceptors (Lipinski definition) is 5. The predicted octanol–water partition coefficient (Wildman–Crippen LogP) is 2.24. The van der Waals surface area contributed by atoms with Gasteiger partial charge in [0, 0.05) is 6.04 Å². The third-order valence-corrected chi connectivity index (χ3v) is 4.84. The van der Waals surface area contributed by atoms with Gasteiger partial charge in [0.15, 0.2) is 17.3 Å². The second-order valence-corrected chi connectivity index (χ2v) is 6.53. The monoisotopic (exact) mass is 342 g/mol. The molecule has 2 heterocycles. The molecule has 1 aliphatic heterocycles. The number of aromatic nitrogens is 3. The SMILES string of the molecule is O=C(NCc1nncn1C1CCCCC1)[C@@H]1COc2ccccc2O1. The second kappa shape index (κ2) is 7.13. The number of fused-ring (bicyclic) bond motifs is 1. The first kappa shape index (κ1) is 15.9. The molecular weight excluding hydrogens is 320 g/mol. The van der Waals surface area contributed by atoms with E-state index in [1.54, 1.807) is 12.4 Å². The van der Waals surface area contributed by atoms with Crippen molar-refractivity contribution < 1.29 is 14.3 Å². The Morgan fingerprint density at radius 3 is 2.84 bits per heavy atom. The van der Waals surface area contributed by atoms with Crippen LogP contribution in [-0.4, -0.2) is 33.4 Å². The summed E-state index contributed by atoms with van der Waals surface area (Å²) in [7, 11) is 0. The predicted molar refractivity (Wildman–Crippen MR) is 90.3 cm³/mol. The van der Waals surface area contributed by atoms with Crippen LogP contribution < -0.4 is 14.8 Å². The van der Waals surface area contributed by atoms with Gasteiger partial charge in [-0.2, -0.15) is 0 Å². The summed E-state index contributed by atoms with van der Waals surface area (Å²) in [5.41, 5.74) is 0. The zero-order chi connectivity index (χ0) is 17.1. The molecule has 1 aromatic heterocycles. The number of rotatable bonds is 4. The van der Waals surface area contributed by atoms with Crippen LogP contribution in [0, 0.1) is 0 Å². The minimum Gasteiger partial charge on any atom is -0.485 e. The summed E-state index contributed by atoms with van der Waals surface area (Å²) in [5.74, 6) is 1.85. The maximum absolute atomic E-state index is 12.4. The molecule has 1 aromatic carbocycles. The average Bonchev–Trinajstić information content (AvgIpc) is 3.15. The average molecular weight is 342 g/mol. The van der Waals surface area contributed by atoms with Crippen molar-refractivity contribution in [3.05, 3.63) is 36.4 Å². The van der Waals surface area contributed by atoms with Crippen molar-refractivity contribution in [2.45, 2.75) is 50.8 Å². The Bertz CT molecular complexity index is 739. The van der Waals surface area contributed by atoms with Gasteiger partial charge in [-0.3, -0.25) is 4.79 Å². The standard InChI is InChI=1S/C18H22N4O3/c23-18(16-11-24-14-8-4-5-9-15(14)25-16)19-10-17-21-20-12-22(17)13-6-2-1-3-7-13/h4-5,8-9,12-13,16H,1-3,6-7,10-11H2,(H,19,23)/t16-/m0/s1. The molecule has 1 saturated carbocycles. The fourth-order valence-electron chi connectivity index (χ4n) is 3.49. The van der Waals surface area contributed by atoms with Crippen LogP contribution in [0.3, 0.4) is 0 Å². The van der Waals surface area contributed by atoms with Gasteiger partial charge in [0.05, 0.1) is 6.54 Å². The fourth-order valence-corrected chi connectivity index (χ4v) is 3.49. The summed E-state index contributed by atoms with van der Waals surface area (Å²) in [6, 6.07) is 7.80. The van der Waals surface area contributed by atoms with E-state index in [9.17, 15) is 4.79 Å². The first-order valence-electron chi connectivity index (χ1n) is 8.86. The van der Waals surface area contributed by atoms with E-state index in [0.717, 1.165) is 18.7 Å². The summed E-state index contributed by atoms with van der Waals surface area (Å²) in [4.78, 5) is 12.4. The molecule has 1 N–H and O–H groups in total. The van der Waals surface area contributed by atoms with Crippen molar-refractivity contribution >= 4 is 5.91 Å². The van der Waals surface area contributed by atoms with E-state index in [2.05, 4.69) is 20.1 Å². The number of carbonyl (C=O) groups is 1. The van der Waals surface area contributed by atoms with Crippen molar-refractivity contribution in [3.63, 3.8) is 0 Å². The molecule has 7 heteroatoms. The zero-order valence-corrected chi connectivity index (χ0v) is 14.1. The smallest absolute Gasteiger partial charge is 0.265 e. The highest BCUT2D eigenvalue weighted by atomic mass is 16.6. The lowest BCUT2D eigenvalue weighted by Gasteiger charge is -2.26. The normalized spacial score (nSPS) is 20.2. The lowest BCUT2D eigenvalue weighted by atomic mass is 9.95. The van der Waals surface area contributed by atoms with Crippen LogP contribution in [-0.2, 0) is 11.3 Å². The van der Waals surface area contributed by atoms with E-state index in [0.29, 0.717) is 24.1 Å². The van der Waals surface area contributed by atoms with Crippen molar-refractivity contribution in [3.8, 4) is 11.5 Å². The van der Waals surface area contributed by atoms with E-state index >= 15 is 0 Å². The van der Waals surface area contributed by atoms with Gasteiger partial charge in [-0.05, 0) is 25.0 Å². The summed E-state index contributed by atoms with van der Waals surface area (Å²) >= 11 is 0. The largest absolute Gasteiger partial charge is 0.485 e. The molecule has 0 radical (unpaired) electrons. The number of amides is 1. The highest BCUT2D eigenvalue weighted by Gasteiger charge is 2.27. The van der Waals surface area contributed by atoms with Gasteiger partial charge in [0.25, 0.3) is 5.91 Å². The van der Waals surface area contributed by atoms with E-state index in [1.807, 2.05) is 18.2 Å². The molecule has 1 amide bonds. The van der Waals surface area contributed by atoms with E-state index in [1.165, 1.54) is 19.3 Å². The molecule has 2 aromatic rings. The highest BCUT2D eigenvalue weighted by molar-refractivity contribution is 5.81. The van der Waals surface area contributed by atoms with Crippen molar-refractivity contribution in [1.82, 2.24) is 20.1 Å². The molecule has 1 aliphatic carbocycles. The number of nitrogens with zero attached hydrogens (tertiary/aromatic N) is 3. The van der Waals surface area contributed by atoms with Gasteiger partial charge in [-0.15, -0.1) is 10.2 Å². The number of benzene rings is 1. The van der Waals surface area contributed by atoms with Crippen LogP contribution in [0.1, 0.15) is 44.0 Å². The third kappa shape index (κ3) is 3.45. The Morgan fingerprint density at radius 1 is 1.20 bits per heavy atom. The van der Waals surface area contributed by atoms with Crippen LogP contribution in [0.5, 0.6) is 11.5 Å². The first-order valence-corrected chi connectivity index (χ1v) is 8.86. The van der Waals surface area contributed by atoms with Crippen LogP contribution in [0.25, 0.3) is 0 Å². The minimum absolute atomic E-state index is 0.201. The molecule has 0 saturated heterocycles. The van der Waals surface area contributed by atoms with Gasteiger partial charge in [0.2, 0.25) is 6.10 Å². The molecule has 0 spiro atoms. The van der Waals surface area contributed by atoms with Gasteiger partial charge in [-0.1, -0.05) is 31.4 Å². The Labute approximate surface area is 146 Å². The maximum Gasteiger partial charge on any atom is 0.265 e. The molecule has 2 aliphatic rings. The van der Waals surface area contributed by atoms with E-state index in [4.69, 9.17) is 9.47 Å². The molecule has 0 unspecified atom stereocenters. The quantitative estimate of drug-likeness (QED) is 0.922. The lowest BCUT2D eigenvalue weighted by molar-refractivity contribution is -0.130. The van der Waals surface area contributed by atoms with Gasteiger partial charge in [0.1, 0.15) is 12.9 Å². The maximum atomic E-state index is 12.4. The van der Waals surface area contributed by atoms with Gasteiger partial charge >= 0.3 is 0 Å². The van der Waals surface area contributed by atoms with Crippen LogP contribution >= 0.6 is 0 Å². The Kier molecular flexibility index (Phi) is 4.54. The highest BCUT2D eigenvalue weighted by Crippen LogP contribution is 2.31. The number of para-hydroxylation sites is 2. The Morgan fingerprint density at radius 2 is 2.00 bits per heavy atom. The number of hydrogen-bond donors (Lipinski definition) is 1. The van der Waals surface area contributed by atoms with Crippen LogP contribution in [0.2, 0.25) is 0 Å². The number of ether oxygens (including phenoxy) is 2. The lowest BCUT2D eigenvalue weighted by Crippen LogP contribution is -2.44. The van der Waals surface area contributed by atoms with Gasteiger partial charge in [-0.25, -0.2) is 0 Å². The van der Waals surface area contributed by atoms with E-state index in [-0.39, 0.29) is 12.5 Å². The summed E-state index contributed by atoms with van der Waals surface area (Å²) in [5, 5.41) is 11.1. The molecular formula is C18H22N4O3. The van der Waals surface area contributed by atoms with E-state index < -0.39 is 6.10 Å². The summed E-state index contributed by atoms with van der Waals surface area (Å²) < 4.78 is 13.4. The van der Waals surface area contributed by atoms with Crippen molar-refractivity contribution in [2.75, 3.05) is 6.61 Å². The summed E-state index contributed by atoms with van der Waals surface area (Å²) in [6.45, 7) is 0.551. The first-order chi connectivity index (χ1) is 12.3. The molecule has 25 heavy (non-hydrogen) atoms. The fraction of sp³-hybridized carbons (Fsp3) is 0.500. The van der Waals surface area contributed by atoms with Crippen molar-refractivity contribution in [1.29, 1.82) is 0 Å². The van der Waals surface area contributed by atoms with Crippen molar-refractivity contribution in [2.24, 2.45) is 0 Å². The second-order valence-electron chi connectivity index (χ2n) is 6.53. The summed E-state index contributed by atoms with van der Waals surface area (Å²) in [6.07, 6.45) is 7.19. The molecule has 7 nitrogen and oxygen atoms in total. The number of nitrogens with one attached hydrogen (secondary N) is 1. The zero-order valence-electron chi connectivity index (χ0n) is 14.1. The van der Waals surface area contributed by atoms with Crippen LogP contribution in [0.15, 0.2) is 30.6 Å². The minimum atomic E-state index is -0.652. The topological polar surface area (TPSA) is 78.3 Å². The Balaban J connectivity index is 1.36. The Hall–Kier alpha value is -2.57. The van der Waals surface area contributed by atoms with Gasteiger partial charge < -0.3 is 19.4 Å². The number of carbonyl (C=O) groups excluding carboxylic acids is 1. The molecule has 1 fully saturated rings. The third-order valence-electron chi connectivity index (χ3n) is 4.84. The van der Waals surface area contributed by atoms with Crippen LogP contribution in [0.4, 0.5) is 0 Å². The molecule has 0 bridgehead atoms. The molecule has 4 rings (SSSR count). The molecule has 1 atom stereocenters.